The van der Waals surface area contributed by atoms with Crippen LogP contribution in [0.25, 0.3) is 0 Å². The number of rotatable bonds is 9. The molecule has 0 aliphatic rings. The second kappa shape index (κ2) is 9.96. The Labute approximate surface area is 157 Å². The van der Waals surface area contributed by atoms with Gasteiger partial charge in [-0.05, 0) is 30.2 Å². The van der Waals surface area contributed by atoms with Gasteiger partial charge in [0.1, 0.15) is 5.75 Å². The van der Waals surface area contributed by atoms with E-state index in [0.717, 1.165) is 5.56 Å². The van der Waals surface area contributed by atoms with E-state index >= 15 is 0 Å². The Hall–Kier alpha value is -3.35. The lowest BCUT2D eigenvalue weighted by molar-refractivity contribution is -0.141. The lowest BCUT2D eigenvalue weighted by atomic mass is 9.99. The standard InChI is InChI=1S/C20H22N2O5/c1-27-17-9-5-8-15(11-17)19(24)22-13-18(23)21-12-16(20(25)26)10-14-6-3-2-4-7-14/h2-9,11,16H,10,12-13H2,1H3,(H,21,23)(H,22,24)(H,25,26). The average Bonchev–Trinajstić information content (AvgIpc) is 2.69. The summed E-state index contributed by atoms with van der Waals surface area (Å²) in [7, 11) is 1.50. The van der Waals surface area contributed by atoms with Gasteiger partial charge in [-0.15, -0.1) is 0 Å². The fourth-order valence-electron chi connectivity index (χ4n) is 2.47. The van der Waals surface area contributed by atoms with Crippen LogP contribution in [0.1, 0.15) is 15.9 Å². The number of nitrogens with one attached hydrogen (secondary N) is 2. The third kappa shape index (κ3) is 6.47. The predicted octanol–water partition coefficient (Wildman–Crippen LogP) is 1.48. The predicted molar refractivity (Wildman–Crippen MR) is 99.6 cm³/mol. The molecule has 0 aromatic heterocycles. The molecule has 0 bridgehead atoms. The highest BCUT2D eigenvalue weighted by Gasteiger charge is 2.19. The minimum atomic E-state index is -0.987. The summed E-state index contributed by atoms with van der Waals surface area (Å²) in [6.07, 6.45) is 0.312. The average molecular weight is 370 g/mol. The molecule has 1 unspecified atom stereocenters. The van der Waals surface area contributed by atoms with Gasteiger partial charge in [-0.3, -0.25) is 14.4 Å². The largest absolute Gasteiger partial charge is 0.497 e. The van der Waals surface area contributed by atoms with Gasteiger partial charge < -0.3 is 20.5 Å². The first-order valence-corrected chi connectivity index (χ1v) is 8.45. The molecule has 0 aliphatic heterocycles. The van der Waals surface area contributed by atoms with Crippen LogP contribution in [0.5, 0.6) is 5.75 Å². The van der Waals surface area contributed by atoms with E-state index in [1.165, 1.54) is 7.11 Å². The van der Waals surface area contributed by atoms with Gasteiger partial charge in [0.2, 0.25) is 5.91 Å². The van der Waals surface area contributed by atoms with Gasteiger partial charge in [-0.1, -0.05) is 36.4 Å². The first-order valence-electron chi connectivity index (χ1n) is 8.45. The Bertz CT molecular complexity index is 792. The second-order valence-corrected chi connectivity index (χ2v) is 5.94. The minimum absolute atomic E-state index is 0.0158. The molecule has 0 fully saturated rings. The number of aliphatic carboxylic acids is 1. The van der Waals surface area contributed by atoms with E-state index in [-0.39, 0.29) is 13.1 Å². The Morgan fingerprint density at radius 1 is 1.04 bits per heavy atom. The fourth-order valence-corrected chi connectivity index (χ4v) is 2.47. The van der Waals surface area contributed by atoms with E-state index in [4.69, 9.17) is 4.74 Å². The van der Waals surface area contributed by atoms with Crippen molar-refractivity contribution in [2.45, 2.75) is 6.42 Å². The molecule has 2 amide bonds. The summed E-state index contributed by atoms with van der Waals surface area (Å²) >= 11 is 0. The van der Waals surface area contributed by atoms with Gasteiger partial charge >= 0.3 is 5.97 Å². The summed E-state index contributed by atoms with van der Waals surface area (Å²) < 4.78 is 5.05. The van der Waals surface area contributed by atoms with Crippen molar-refractivity contribution in [3.8, 4) is 5.75 Å². The molecule has 0 spiro atoms. The van der Waals surface area contributed by atoms with Gasteiger partial charge in [-0.2, -0.15) is 0 Å². The maximum atomic E-state index is 12.1. The summed E-state index contributed by atoms with van der Waals surface area (Å²) in [4.78, 5) is 35.4. The molecule has 0 aliphatic carbocycles. The van der Waals surface area contributed by atoms with Gasteiger partial charge in [0.25, 0.3) is 5.91 Å². The van der Waals surface area contributed by atoms with Crippen molar-refractivity contribution in [3.63, 3.8) is 0 Å². The Morgan fingerprint density at radius 2 is 1.78 bits per heavy atom. The molecule has 2 aromatic rings. The zero-order valence-corrected chi connectivity index (χ0v) is 15.0. The SMILES string of the molecule is COc1cccc(C(=O)NCC(=O)NCC(Cc2ccccc2)C(=O)O)c1. The summed E-state index contributed by atoms with van der Waals surface area (Å²) in [6.45, 7) is -0.258. The molecular weight excluding hydrogens is 348 g/mol. The summed E-state index contributed by atoms with van der Waals surface area (Å²) in [5.41, 5.74) is 1.25. The van der Waals surface area contributed by atoms with Crippen LogP contribution in [0, 0.1) is 5.92 Å². The summed E-state index contributed by atoms with van der Waals surface area (Å²) in [6, 6.07) is 15.8. The van der Waals surface area contributed by atoms with Crippen LogP contribution in [0.15, 0.2) is 54.6 Å². The van der Waals surface area contributed by atoms with E-state index < -0.39 is 23.7 Å². The highest BCUT2D eigenvalue weighted by Crippen LogP contribution is 2.12. The Kier molecular flexibility index (Phi) is 7.37. The van der Waals surface area contributed by atoms with Gasteiger partial charge in [0.05, 0.1) is 19.6 Å². The van der Waals surface area contributed by atoms with Crippen molar-refractivity contribution in [2.75, 3.05) is 20.2 Å². The number of benzene rings is 2. The third-order valence-electron chi connectivity index (χ3n) is 3.96. The van der Waals surface area contributed by atoms with Crippen LogP contribution in [-0.4, -0.2) is 43.1 Å². The molecule has 0 heterocycles. The number of carbonyl (C=O) groups is 3. The first kappa shape index (κ1) is 20.0. The van der Waals surface area contributed by atoms with Crippen LogP contribution in [-0.2, 0) is 16.0 Å². The van der Waals surface area contributed by atoms with Crippen LogP contribution in [0.2, 0.25) is 0 Å². The van der Waals surface area contributed by atoms with E-state index in [1.807, 2.05) is 30.3 Å². The topological polar surface area (TPSA) is 105 Å². The molecule has 3 N–H and O–H groups in total. The van der Waals surface area contributed by atoms with Crippen molar-refractivity contribution in [2.24, 2.45) is 5.92 Å². The number of carboxylic acid groups (broad SMARTS) is 1. The Balaban J connectivity index is 1.81. The monoisotopic (exact) mass is 370 g/mol. The van der Waals surface area contributed by atoms with Crippen molar-refractivity contribution in [1.82, 2.24) is 10.6 Å². The number of hydrogen-bond donors (Lipinski definition) is 3. The normalized spacial score (nSPS) is 11.3. The molecule has 27 heavy (non-hydrogen) atoms. The number of carbonyl (C=O) groups excluding carboxylic acids is 2. The second-order valence-electron chi connectivity index (χ2n) is 5.94. The molecule has 2 rings (SSSR count). The van der Waals surface area contributed by atoms with E-state index in [0.29, 0.717) is 17.7 Å². The van der Waals surface area contributed by atoms with Crippen LogP contribution in [0.4, 0.5) is 0 Å². The highest BCUT2D eigenvalue weighted by molar-refractivity contribution is 5.96. The lowest BCUT2D eigenvalue weighted by Gasteiger charge is -2.14. The summed E-state index contributed by atoms with van der Waals surface area (Å²) in [5, 5.41) is 14.4. The zero-order chi connectivity index (χ0) is 19.6. The van der Waals surface area contributed by atoms with Crippen molar-refractivity contribution >= 4 is 17.8 Å². The molecule has 0 saturated carbocycles. The first-order chi connectivity index (χ1) is 13.0. The van der Waals surface area contributed by atoms with Gasteiger partial charge in [0, 0.05) is 12.1 Å². The molecule has 142 valence electrons. The molecule has 7 heteroatoms. The number of amides is 2. The number of hydrogen-bond acceptors (Lipinski definition) is 4. The van der Waals surface area contributed by atoms with Crippen LogP contribution < -0.4 is 15.4 Å². The number of methoxy groups -OCH3 is 1. The molecule has 0 radical (unpaired) electrons. The third-order valence-corrected chi connectivity index (χ3v) is 3.96. The molecule has 1 atom stereocenters. The lowest BCUT2D eigenvalue weighted by Crippen LogP contribution is -2.40. The molecule has 2 aromatic carbocycles. The number of ether oxygens (including phenoxy) is 1. The minimum Gasteiger partial charge on any atom is -0.497 e. The molecular formula is C20H22N2O5. The van der Waals surface area contributed by atoms with Gasteiger partial charge in [0.15, 0.2) is 0 Å². The van der Waals surface area contributed by atoms with Crippen LogP contribution >= 0.6 is 0 Å². The van der Waals surface area contributed by atoms with E-state index in [9.17, 15) is 19.5 Å². The van der Waals surface area contributed by atoms with Crippen molar-refractivity contribution in [3.05, 3.63) is 65.7 Å². The number of carboxylic acids is 1. The maximum absolute atomic E-state index is 12.1. The zero-order valence-electron chi connectivity index (χ0n) is 15.0. The van der Waals surface area contributed by atoms with E-state index in [2.05, 4.69) is 10.6 Å². The fraction of sp³-hybridized carbons (Fsp3) is 0.250. The van der Waals surface area contributed by atoms with Gasteiger partial charge in [-0.25, -0.2) is 0 Å². The van der Waals surface area contributed by atoms with Crippen molar-refractivity contribution < 1.29 is 24.2 Å². The van der Waals surface area contributed by atoms with Crippen LogP contribution in [0.3, 0.4) is 0 Å². The maximum Gasteiger partial charge on any atom is 0.308 e. The molecule has 7 nitrogen and oxygen atoms in total. The summed E-state index contributed by atoms with van der Waals surface area (Å²) in [5.74, 6) is -2.06. The highest BCUT2D eigenvalue weighted by atomic mass is 16.5. The molecule has 0 saturated heterocycles. The van der Waals surface area contributed by atoms with Crippen molar-refractivity contribution in [1.29, 1.82) is 0 Å². The Morgan fingerprint density at radius 3 is 2.44 bits per heavy atom. The smallest absolute Gasteiger partial charge is 0.308 e. The quantitative estimate of drug-likeness (QED) is 0.620. The van der Waals surface area contributed by atoms with E-state index in [1.54, 1.807) is 24.3 Å².